The van der Waals surface area contributed by atoms with Crippen LogP contribution in [0.4, 0.5) is 19.0 Å². The van der Waals surface area contributed by atoms with Gasteiger partial charge >= 0.3 is 0 Å². The molecule has 2 heterocycles. The lowest BCUT2D eigenvalue weighted by atomic mass is 10.4. The lowest BCUT2D eigenvalue weighted by molar-refractivity contribution is 0.466. The molecule has 2 rings (SSSR count). The van der Waals surface area contributed by atoms with Gasteiger partial charge in [0.1, 0.15) is 5.01 Å². The van der Waals surface area contributed by atoms with Gasteiger partial charge in [-0.05, 0) is 6.92 Å². The summed E-state index contributed by atoms with van der Waals surface area (Å²) >= 11 is 1.39. The molecule has 0 saturated heterocycles. The number of hydrogen-bond donors (Lipinski definition) is 1. The first-order valence-corrected chi connectivity index (χ1v) is 5.60. The van der Waals surface area contributed by atoms with Gasteiger partial charge in [-0.25, -0.2) is 13.8 Å². The molecule has 1 N–H and O–H groups in total. The van der Waals surface area contributed by atoms with Crippen LogP contribution >= 0.6 is 11.3 Å². The third-order valence-electron chi connectivity index (χ3n) is 1.96. The monoisotopic (exact) mass is 259 g/mol. The molecule has 0 atom stereocenters. The highest BCUT2D eigenvalue weighted by Crippen LogP contribution is 2.16. The molecule has 90 valence electrons. The van der Waals surface area contributed by atoms with Crippen LogP contribution < -0.4 is 5.32 Å². The number of aryl methyl sites for hydroxylation is 1. The van der Waals surface area contributed by atoms with E-state index in [2.05, 4.69) is 15.3 Å². The summed E-state index contributed by atoms with van der Waals surface area (Å²) in [6.07, 6.45) is 0. The fraction of sp³-hybridized carbons (Fsp3) is 0.200. The number of pyridine rings is 1. The van der Waals surface area contributed by atoms with Crippen molar-refractivity contribution in [1.29, 1.82) is 0 Å². The fourth-order valence-corrected chi connectivity index (χ4v) is 1.92. The zero-order chi connectivity index (χ0) is 12.4. The predicted octanol–water partition coefficient (Wildman–Crippen LogP) is 2.88. The predicted molar refractivity (Wildman–Crippen MR) is 58.3 cm³/mol. The third kappa shape index (κ3) is 2.73. The van der Waals surface area contributed by atoms with Crippen molar-refractivity contribution in [2.45, 2.75) is 13.5 Å². The first kappa shape index (κ1) is 11.8. The number of halogens is 3. The van der Waals surface area contributed by atoms with Gasteiger partial charge in [0.05, 0.1) is 6.54 Å². The van der Waals surface area contributed by atoms with Gasteiger partial charge in [-0.1, -0.05) is 0 Å². The van der Waals surface area contributed by atoms with Crippen molar-refractivity contribution in [3.05, 3.63) is 39.7 Å². The largest absolute Gasteiger partial charge is 0.361 e. The van der Waals surface area contributed by atoms with Crippen LogP contribution in [0.2, 0.25) is 0 Å². The van der Waals surface area contributed by atoms with E-state index >= 15 is 0 Å². The molecule has 0 unspecified atom stereocenters. The normalized spacial score (nSPS) is 10.6. The van der Waals surface area contributed by atoms with E-state index in [4.69, 9.17) is 0 Å². The first-order valence-electron chi connectivity index (χ1n) is 4.72. The number of hydrogen-bond acceptors (Lipinski definition) is 4. The highest BCUT2D eigenvalue weighted by atomic mass is 32.1. The standard InChI is InChI=1S/C10H8F3N3S/c1-5-4-17-8(15-5)3-14-10-7(12)2-6(11)9(13)16-10/h2,4H,3H2,1H3,(H,14,16). The molecule has 0 aromatic carbocycles. The minimum absolute atomic E-state index is 0.216. The average Bonchev–Trinajstić information content (AvgIpc) is 2.68. The van der Waals surface area contributed by atoms with Gasteiger partial charge in [-0.15, -0.1) is 11.3 Å². The fourth-order valence-electron chi connectivity index (χ4n) is 1.21. The molecule has 0 fully saturated rings. The Morgan fingerprint density at radius 2 is 2.00 bits per heavy atom. The van der Waals surface area contributed by atoms with E-state index in [1.807, 2.05) is 12.3 Å². The Labute approximate surface area is 99.3 Å². The van der Waals surface area contributed by atoms with Crippen LogP contribution in [0.5, 0.6) is 0 Å². The maximum Gasteiger partial charge on any atom is 0.251 e. The quantitative estimate of drug-likeness (QED) is 0.861. The van der Waals surface area contributed by atoms with Crippen molar-refractivity contribution in [2.75, 3.05) is 5.32 Å². The highest BCUT2D eigenvalue weighted by molar-refractivity contribution is 7.09. The minimum atomic E-state index is -1.33. The van der Waals surface area contributed by atoms with Crippen LogP contribution in [0.3, 0.4) is 0 Å². The maximum absolute atomic E-state index is 13.2. The molecule has 0 spiro atoms. The molecule has 0 aliphatic rings. The molecular formula is C10H8F3N3S. The van der Waals surface area contributed by atoms with E-state index in [-0.39, 0.29) is 12.4 Å². The van der Waals surface area contributed by atoms with E-state index in [0.717, 1.165) is 5.69 Å². The van der Waals surface area contributed by atoms with E-state index in [9.17, 15) is 13.2 Å². The molecule has 2 aromatic rings. The lowest BCUT2D eigenvalue weighted by Gasteiger charge is -2.04. The second-order valence-corrected chi connectivity index (χ2v) is 4.27. The highest BCUT2D eigenvalue weighted by Gasteiger charge is 2.11. The third-order valence-corrected chi connectivity index (χ3v) is 2.93. The Morgan fingerprint density at radius 1 is 1.24 bits per heavy atom. The van der Waals surface area contributed by atoms with Gasteiger partial charge in [-0.2, -0.15) is 9.37 Å². The number of nitrogens with zero attached hydrogens (tertiary/aromatic N) is 2. The van der Waals surface area contributed by atoms with Crippen molar-refractivity contribution in [3.63, 3.8) is 0 Å². The van der Waals surface area contributed by atoms with Gasteiger partial charge in [0.25, 0.3) is 5.95 Å². The van der Waals surface area contributed by atoms with E-state index in [1.165, 1.54) is 11.3 Å². The van der Waals surface area contributed by atoms with E-state index in [1.54, 1.807) is 0 Å². The molecule has 17 heavy (non-hydrogen) atoms. The summed E-state index contributed by atoms with van der Waals surface area (Å²) in [5, 5.41) is 5.12. The van der Waals surface area contributed by atoms with Crippen molar-refractivity contribution in [3.8, 4) is 0 Å². The van der Waals surface area contributed by atoms with Gasteiger partial charge in [0.15, 0.2) is 17.5 Å². The SMILES string of the molecule is Cc1csc(CNc2nc(F)c(F)cc2F)n1. The van der Waals surface area contributed by atoms with Gasteiger partial charge in [0, 0.05) is 17.1 Å². The first-order chi connectivity index (χ1) is 8.06. The molecule has 7 heteroatoms. The second kappa shape index (κ2) is 4.70. The van der Waals surface area contributed by atoms with Crippen molar-refractivity contribution in [1.82, 2.24) is 9.97 Å². The van der Waals surface area contributed by atoms with Crippen LogP contribution in [0.1, 0.15) is 10.7 Å². The topological polar surface area (TPSA) is 37.8 Å². The zero-order valence-electron chi connectivity index (χ0n) is 8.80. The summed E-state index contributed by atoms with van der Waals surface area (Å²) < 4.78 is 38.6. The van der Waals surface area contributed by atoms with Crippen molar-refractivity contribution >= 4 is 17.2 Å². The number of anilines is 1. The summed E-state index contributed by atoms with van der Waals surface area (Å²) in [5.41, 5.74) is 0.852. The van der Waals surface area contributed by atoms with Gasteiger partial charge < -0.3 is 5.32 Å². The van der Waals surface area contributed by atoms with Gasteiger partial charge in [-0.3, -0.25) is 0 Å². The molecule has 3 nitrogen and oxygen atoms in total. The number of aromatic nitrogens is 2. The van der Waals surface area contributed by atoms with E-state index < -0.39 is 17.6 Å². The average molecular weight is 259 g/mol. The molecule has 0 saturated carbocycles. The summed E-state index contributed by atoms with van der Waals surface area (Å²) in [6, 6.07) is 0.456. The summed E-state index contributed by atoms with van der Waals surface area (Å²) in [5.74, 6) is -3.89. The minimum Gasteiger partial charge on any atom is -0.361 e. The van der Waals surface area contributed by atoms with Crippen LogP contribution in [0.25, 0.3) is 0 Å². The Bertz CT molecular complexity index is 542. The van der Waals surface area contributed by atoms with Crippen LogP contribution in [-0.2, 0) is 6.54 Å². The summed E-state index contributed by atoms with van der Waals surface area (Å²) in [7, 11) is 0. The Kier molecular flexibility index (Phi) is 3.28. The molecule has 0 aliphatic carbocycles. The van der Waals surface area contributed by atoms with Crippen LogP contribution in [-0.4, -0.2) is 9.97 Å². The Balaban J connectivity index is 2.11. The molecule has 0 aliphatic heterocycles. The van der Waals surface area contributed by atoms with Crippen LogP contribution in [0.15, 0.2) is 11.4 Å². The molecule has 0 amide bonds. The zero-order valence-corrected chi connectivity index (χ0v) is 9.61. The number of thiazole rings is 1. The summed E-state index contributed by atoms with van der Waals surface area (Å²) in [6.45, 7) is 2.05. The Hall–Kier alpha value is -1.63. The second-order valence-electron chi connectivity index (χ2n) is 3.33. The maximum atomic E-state index is 13.2. The van der Waals surface area contributed by atoms with Gasteiger partial charge in [0.2, 0.25) is 0 Å². The van der Waals surface area contributed by atoms with Crippen molar-refractivity contribution < 1.29 is 13.2 Å². The molecule has 0 radical (unpaired) electrons. The van der Waals surface area contributed by atoms with Crippen molar-refractivity contribution in [2.24, 2.45) is 0 Å². The Morgan fingerprint density at radius 3 is 2.65 bits per heavy atom. The molecular weight excluding hydrogens is 251 g/mol. The lowest BCUT2D eigenvalue weighted by Crippen LogP contribution is -2.06. The number of nitrogens with one attached hydrogen (secondary N) is 1. The molecule has 2 aromatic heterocycles. The smallest absolute Gasteiger partial charge is 0.251 e. The van der Waals surface area contributed by atoms with Crippen LogP contribution in [0, 0.1) is 24.5 Å². The number of rotatable bonds is 3. The van der Waals surface area contributed by atoms with E-state index in [0.29, 0.717) is 11.1 Å². The molecule has 0 bridgehead atoms. The summed E-state index contributed by atoms with van der Waals surface area (Å²) in [4.78, 5) is 7.28.